The highest BCUT2D eigenvalue weighted by atomic mass is 16.5. The van der Waals surface area contributed by atoms with Gasteiger partial charge in [0.15, 0.2) is 0 Å². The summed E-state index contributed by atoms with van der Waals surface area (Å²) in [5.74, 6) is -0.0942. The molecule has 0 atom stereocenters. The van der Waals surface area contributed by atoms with Gasteiger partial charge in [0.05, 0.1) is 5.52 Å². The van der Waals surface area contributed by atoms with Gasteiger partial charge in [-0.1, -0.05) is 24.3 Å². The molecule has 0 aliphatic carbocycles. The number of ketones is 1. The Morgan fingerprint density at radius 1 is 1.27 bits per heavy atom. The van der Waals surface area contributed by atoms with E-state index in [0.29, 0.717) is 5.69 Å². The van der Waals surface area contributed by atoms with Crippen LogP contribution in [0.5, 0.6) is 0 Å². The average Bonchev–Trinajstić information content (AvgIpc) is 2.29. The zero-order valence-electron chi connectivity index (χ0n) is 8.43. The van der Waals surface area contributed by atoms with Crippen molar-refractivity contribution in [3.05, 3.63) is 42.1 Å². The largest absolute Gasteiger partial charge is 0.376 e. The van der Waals surface area contributed by atoms with Crippen LogP contribution in [0.2, 0.25) is 0 Å². The van der Waals surface area contributed by atoms with Gasteiger partial charge in [0.25, 0.3) is 0 Å². The summed E-state index contributed by atoms with van der Waals surface area (Å²) in [6, 6.07) is 11.3. The molecule has 1 heterocycles. The first-order chi connectivity index (χ1) is 7.31. The molecule has 0 fully saturated rings. The number of hydrogen-bond acceptors (Lipinski definition) is 3. The normalized spacial score (nSPS) is 10.5. The molecule has 15 heavy (non-hydrogen) atoms. The molecule has 76 valence electrons. The number of fused-ring (bicyclic) bond motifs is 1. The van der Waals surface area contributed by atoms with Crippen LogP contribution in [0.25, 0.3) is 10.9 Å². The second-order valence-corrected chi connectivity index (χ2v) is 3.25. The topological polar surface area (TPSA) is 39.2 Å². The van der Waals surface area contributed by atoms with Crippen LogP contribution in [-0.4, -0.2) is 24.5 Å². The molecule has 1 aromatic carbocycles. The molecular formula is C12H11NO2. The summed E-state index contributed by atoms with van der Waals surface area (Å²) in [4.78, 5) is 15.8. The van der Waals surface area contributed by atoms with Crippen molar-refractivity contribution < 1.29 is 9.53 Å². The number of Topliss-reactive ketones (excluding diaryl/α,β-unsaturated/α-hetero) is 1. The number of para-hydroxylation sites is 1. The number of hydrogen-bond donors (Lipinski definition) is 0. The minimum absolute atomic E-state index is 0.0747. The lowest BCUT2D eigenvalue weighted by Crippen LogP contribution is -2.08. The maximum absolute atomic E-state index is 11.5. The zero-order chi connectivity index (χ0) is 10.7. The van der Waals surface area contributed by atoms with Gasteiger partial charge in [-0.3, -0.25) is 4.79 Å². The van der Waals surface area contributed by atoms with Crippen LogP contribution < -0.4 is 0 Å². The second-order valence-electron chi connectivity index (χ2n) is 3.25. The van der Waals surface area contributed by atoms with Crippen molar-refractivity contribution in [3.8, 4) is 0 Å². The smallest absolute Gasteiger partial charge is 0.206 e. The van der Waals surface area contributed by atoms with E-state index in [1.54, 1.807) is 6.07 Å². The highest BCUT2D eigenvalue weighted by Gasteiger charge is 2.06. The van der Waals surface area contributed by atoms with Gasteiger partial charge in [-0.25, -0.2) is 4.98 Å². The van der Waals surface area contributed by atoms with Crippen LogP contribution in [0, 0.1) is 0 Å². The van der Waals surface area contributed by atoms with E-state index in [0.717, 1.165) is 10.9 Å². The number of carbonyl (C=O) groups excluding carboxylic acids is 1. The first kappa shape index (κ1) is 9.80. The third kappa shape index (κ3) is 2.02. The van der Waals surface area contributed by atoms with Gasteiger partial charge in [-0.15, -0.1) is 0 Å². The first-order valence-electron chi connectivity index (χ1n) is 4.69. The van der Waals surface area contributed by atoms with Crippen molar-refractivity contribution >= 4 is 16.7 Å². The Morgan fingerprint density at radius 2 is 2.07 bits per heavy atom. The van der Waals surface area contributed by atoms with Gasteiger partial charge < -0.3 is 4.74 Å². The number of ether oxygens (including phenoxy) is 1. The predicted octanol–water partition coefficient (Wildman–Crippen LogP) is 2.06. The van der Waals surface area contributed by atoms with E-state index in [9.17, 15) is 4.79 Å². The molecular weight excluding hydrogens is 190 g/mol. The van der Waals surface area contributed by atoms with Crippen LogP contribution >= 0.6 is 0 Å². The van der Waals surface area contributed by atoms with Crippen LogP contribution in [0.4, 0.5) is 0 Å². The van der Waals surface area contributed by atoms with Gasteiger partial charge in [0.2, 0.25) is 5.78 Å². The predicted molar refractivity (Wildman–Crippen MR) is 57.9 cm³/mol. The fourth-order valence-electron chi connectivity index (χ4n) is 1.43. The standard InChI is InChI=1S/C12H11NO2/c1-15-8-12(14)11-7-6-9-4-2-3-5-10(9)13-11/h2-7H,8H2,1H3. The van der Waals surface area contributed by atoms with Crippen molar-refractivity contribution in [3.63, 3.8) is 0 Å². The van der Waals surface area contributed by atoms with Crippen molar-refractivity contribution in [2.45, 2.75) is 0 Å². The second kappa shape index (κ2) is 4.19. The molecule has 0 aliphatic heterocycles. The number of benzene rings is 1. The number of nitrogens with zero attached hydrogens (tertiary/aromatic N) is 1. The van der Waals surface area contributed by atoms with Gasteiger partial charge in [-0.2, -0.15) is 0 Å². The third-order valence-corrected chi connectivity index (χ3v) is 2.16. The average molecular weight is 201 g/mol. The number of methoxy groups -OCH3 is 1. The zero-order valence-corrected chi connectivity index (χ0v) is 8.43. The van der Waals surface area contributed by atoms with E-state index in [1.807, 2.05) is 30.3 Å². The van der Waals surface area contributed by atoms with Crippen molar-refractivity contribution in [2.24, 2.45) is 0 Å². The molecule has 2 aromatic rings. The fraction of sp³-hybridized carbons (Fsp3) is 0.167. The summed E-state index contributed by atoms with van der Waals surface area (Å²) in [6.07, 6.45) is 0. The Labute approximate surface area is 87.7 Å². The maximum Gasteiger partial charge on any atom is 0.206 e. The van der Waals surface area contributed by atoms with Crippen molar-refractivity contribution in [1.29, 1.82) is 0 Å². The van der Waals surface area contributed by atoms with Gasteiger partial charge >= 0.3 is 0 Å². The van der Waals surface area contributed by atoms with E-state index in [1.165, 1.54) is 7.11 Å². The summed E-state index contributed by atoms with van der Waals surface area (Å²) in [7, 11) is 1.50. The minimum Gasteiger partial charge on any atom is -0.376 e. The molecule has 0 amide bonds. The van der Waals surface area contributed by atoms with Crippen LogP contribution in [0.3, 0.4) is 0 Å². The lowest BCUT2D eigenvalue weighted by molar-refractivity contribution is 0.0843. The van der Waals surface area contributed by atoms with E-state index < -0.39 is 0 Å². The summed E-state index contributed by atoms with van der Waals surface area (Å²) in [5, 5.41) is 1.03. The van der Waals surface area contributed by atoms with Crippen molar-refractivity contribution in [1.82, 2.24) is 4.98 Å². The summed E-state index contributed by atoms with van der Waals surface area (Å²) >= 11 is 0. The molecule has 0 N–H and O–H groups in total. The Balaban J connectivity index is 2.42. The molecule has 0 saturated heterocycles. The summed E-state index contributed by atoms with van der Waals surface area (Å²) < 4.78 is 4.78. The maximum atomic E-state index is 11.5. The highest BCUT2D eigenvalue weighted by molar-refractivity contribution is 5.97. The molecule has 0 aliphatic rings. The van der Waals surface area contributed by atoms with E-state index in [2.05, 4.69) is 4.98 Å². The minimum atomic E-state index is -0.0942. The monoisotopic (exact) mass is 201 g/mol. The number of rotatable bonds is 3. The molecule has 3 nitrogen and oxygen atoms in total. The molecule has 0 radical (unpaired) electrons. The van der Waals surface area contributed by atoms with E-state index in [4.69, 9.17) is 4.74 Å². The van der Waals surface area contributed by atoms with E-state index >= 15 is 0 Å². The van der Waals surface area contributed by atoms with Crippen molar-refractivity contribution in [2.75, 3.05) is 13.7 Å². The van der Waals surface area contributed by atoms with E-state index in [-0.39, 0.29) is 12.4 Å². The molecule has 0 spiro atoms. The third-order valence-electron chi connectivity index (χ3n) is 2.16. The highest BCUT2D eigenvalue weighted by Crippen LogP contribution is 2.11. The van der Waals surface area contributed by atoms with Gasteiger partial charge in [0.1, 0.15) is 12.3 Å². The van der Waals surface area contributed by atoms with Gasteiger partial charge in [-0.05, 0) is 12.1 Å². The van der Waals surface area contributed by atoms with Gasteiger partial charge in [0, 0.05) is 12.5 Å². The Bertz CT molecular complexity index is 494. The molecule has 2 rings (SSSR count). The Morgan fingerprint density at radius 3 is 2.87 bits per heavy atom. The fourth-order valence-corrected chi connectivity index (χ4v) is 1.43. The van der Waals surface area contributed by atoms with Crippen LogP contribution in [-0.2, 0) is 4.74 Å². The summed E-state index contributed by atoms with van der Waals surface area (Å²) in [6.45, 7) is 0.0747. The lowest BCUT2D eigenvalue weighted by Gasteiger charge is -2.01. The Kier molecular flexibility index (Phi) is 2.74. The molecule has 0 unspecified atom stereocenters. The SMILES string of the molecule is COCC(=O)c1ccc2ccccc2n1. The number of aromatic nitrogens is 1. The first-order valence-corrected chi connectivity index (χ1v) is 4.69. The number of carbonyl (C=O) groups is 1. The quantitative estimate of drug-likeness (QED) is 0.713. The number of pyridine rings is 1. The summed E-state index contributed by atoms with van der Waals surface area (Å²) in [5.41, 5.74) is 1.29. The van der Waals surface area contributed by atoms with Crippen LogP contribution in [0.1, 0.15) is 10.5 Å². The van der Waals surface area contributed by atoms with Crippen LogP contribution in [0.15, 0.2) is 36.4 Å². The lowest BCUT2D eigenvalue weighted by atomic mass is 10.2. The molecule has 0 saturated carbocycles. The molecule has 3 heteroatoms. The molecule has 1 aromatic heterocycles. The Hall–Kier alpha value is -1.74. The molecule has 0 bridgehead atoms.